The molecule has 2 saturated heterocycles. The van der Waals surface area contributed by atoms with Gasteiger partial charge in [-0.05, 0) is 56.1 Å². The summed E-state index contributed by atoms with van der Waals surface area (Å²) >= 11 is 0. The molecule has 31 heavy (non-hydrogen) atoms. The number of amides is 1. The number of sulfonamides is 1. The van der Waals surface area contributed by atoms with Gasteiger partial charge in [0.15, 0.2) is 0 Å². The number of carbonyl (C=O) groups excluding carboxylic acids is 1. The summed E-state index contributed by atoms with van der Waals surface area (Å²) in [6.07, 6.45) is 2.15. The lowest BCUT2D eigenvalue weighted by atomic mass is 10.0. The fraction of sp³-hybridized carbons (Fsp3) is 0.435. The zero-order valence-corrected chi connectivity index (χ0v) is 18.6. The van der Waals surface area contributed by atoms with Gasteiger partial charge in [0, 0.05) is 18.8 Å². The highest BCUT2D eigenvalue weighted by Gasteiger charge is 2.31. The first kappa shape index (κ1) is 22.0. The summed E-state index contributed by atoms with van der Waals surface area (Å²) in [6, 6.07) is 14.4. The Labute approximate surface area is 184 Å². The molecule has 2 aliphatic heterocycles. The van der Waals surface area contributed by atoms with E-state index >= 15 is 0 Å². The van der Waals surface area contributed by atoms with Crippen LogP contribution in [0.5, 0.6) is 0 Å². The van der Waals surface area contributed by atoms with Crippen molar-refractivity contribution in [1.29, 1.82) is 0 Å². The van der Waals surface area contributed by atoms with E-state index < -0.39 is 16.1 Å². The first-order valence-corrected chi connectivity index (χ1v) is 12.2. The Morgan fingerprint density at radius 3 is 2.35 bits per heavy atom. The molecule has 1 atom stereocenters. The molecule has 1 N–H and O–H groups in total. The largest absolute Gasteiger partial charge is 0.379 e. The van der Waals surface area contributed by atoms with Crippen molar-refractivity contribution in [2.45, 2.75) is 30.7 Å². The van der Waals surface area contributed by atoms with Gasteiger partial charge in [0.25, 0.3) is 0 Å². The fourth-order valence-corrected chi connectivity index (χ4v) is 5.91. The van der Waals surface area contributed by atoms with E-state index in [1.165, 1.54) is 4.31 Å². The third kappa shape index (κ3) is 4.82. The summed E-state index contributed by atoms with van der Waals surface area (Å²) in [6.45, 7) is 4.98. The Kier molecular flexibility index (Phi) is 6.71. The molecule has 8 heteroatoms. The lowest BCUT2D eigenvalue weighted by molar-refractivity contribution is -0.121. The third-order valence-electron chi connectivity index (χ3n) is 5.91. The number of hydrogen-bond donors (Lipinski definition) is 1. The lowest BCUT2D eigenvalue weighted by Gasteiger charge is -2.28. The van der Waals surface area contributed by atoms with Crippen LogP contribution in [0.15, 0.2) is 53.4 Å². The van der Waals surface area contributed by atoms with Crippen LogP contribution < -0.4 is 5.32 Å². The van der Waals surface area contributed by atoms with Crippen molar-refractivity contribution < 1.29 is 17.9 Å². The Balaban J connectivity index is 1.59. The number of rotatable bonds is 6. The Morgan fingerprint density at radius 1 is 1.00 bits per heavy atom. The standard InChI is InChI=1S/C23H29N3O4S/c1-18-9-10-20(17-21(18)31(28,29)26-13-15-30-16-14-26)24-23(27)22(25-11-5-6-12-25)19-7-3-2-4-8-19/h2-4,7-10,17,22H,5-6,11-16H2,1H3,(H,24,27). The second kappa shape index (κ2) is 9.48. The molecule has 7 nitrogen and oxygen atoms in total. The van der Waals surface area contributed by atoms with Gasteiger partial charge in [-0.15, -0.1) is 0 Å². The number of aryl methyl sites for hydroxylation is 1. The number of carbonyl (C=O) groups is 1. The zero-order chi connectivity index (χ0) is 21.8. The van der Waals surface area contributed by atoms with Crippen molar-refractivity contribution >= 4 is 21.6 Å². The normalized spacial score (nSPS) is 19.3. The Morgan fingerprint density at radius 2 is 1.68 bits per heavy atom. The molecule has 0 aromatic heterocycles. The molecule has 2 aromatic rings. The maximum absolute atomic E-state index is 13.3. The highest BCUT2D eigenvalue weighted by atomic mass is 32.2. The van der Waals surface area contributed by atoms with Gasteiger partial charge in [0.2, 0.25) is 15.9 Å². The van der Waals surface area contributed by atoms with Crippen LogP contribution in [0.2, 0.25) is 0 Å². The van der Waals surface area contributed by atoms with Gasteiger partial charge in [-0.1, -0.05) is 36.4 Å². The van der Waals surface area contributed by atoms with Crippen LogP contribution in [0, 0.1) is 6.92 Å². The zero-order valence-electron chi connectivity index (χ0n) is 17.8. The molecule has 2 heterocycles. The van der Waals surface area contributed by atoms with E-state index in [9.17, 15) is 13.2 Å². The van der Waals surface area contributed by atoms with Crippen molar-refractivity contribution in [3.05, 3.63) is 59.7 Å². The lowest BCUT2D eigenvalue weighted by Crippen LogP contribution is -2.40. The Hall–Kier alpha value is -2.26. The number of hydrogen-bond acceptors (Lipinski definition) is 5. The number of likely N-dealkylation sites (tertiary alicyclic amines) is 1. The number of nitrogens with one attached hydrogen (secondary N) is 1. The van der Waals surface area contributed by atoms with Gasteiger partial charge in [-0.2, -0.15) is 4.31 Å². The van der Waals surface area contributed by atoms with E-state index in [0.717, 1.165) is 31.5 Å². The summed E-state index contributed by atoms with van der Waals surface area (Å²) in [5.74, 6) is -0.147. The van der Waals surface area contributed by atoms with E-state index in [4.69, 9.17) is 4.74 Å². The van der Waals surface area contributed by atoms with E-state index in [-0.39, 0.29) is 10.8 Å². The smallest absolute Gasteiger partial charge is 0.246 e. The predicted octanol–water partition coefficient (Wildman–Crippen LogP) is 2.79. The Bertz CT molecular complexity index is 1010. The number of ether oxygens (including phenoxy) is 1. The maximum atomic E-state index is 13.3. The first-order valence-electron chi connectivity index (χ1n) is 10.8. The van der Waals surface area contributed by atoms with Crippen LogP contribution in [0.1, 0.15) is 30.0 Å². The van der Waals surface area contributed by atoms with Gasteiger partial charge < -0.3 is 10.1 Å². The van der Waals surface area contributed by atoms with Crippen LogP contribution in [-0.2, 0) is 19.6 Å². The highest BCUT2D eigenvalue weighted by Crippen LogP contribution is 2.28. The number of morpholine rings is 1. The van der Waals surface area contributed by atoms with Crippen molar-refractivity contribution in [2.24, 2.45) is 0 Å². The molecular weight excluding hydrogens is 414 g/mol. The van der Waals surface area contributed by atoms with E-state index in [0.29, 0.717) is 37.6 Å². The quantitative estimate of drug-likeness (QED) is 0.743. The van der Waals surface area contributed by atoms with Gasteiger partial charge >= 0.3 is 0 Å². The summed E-state index contributed by atoms with van der Waals surface area (Å²) in [5.41, 5.74) is 2.08. The summed E-state index contributed by atoms with van der Waals surface area (Å²) in [5, 5.41) is 2.97. The van der Waals surface area contributed by atoms with E-state index in [1.807, 2.05) is 30.3 Å². The first-order chi connectivity index (χ1) is 15.0. The van der Waals surface area contributed by atoms with Crippen LogP contribution in [0.3, 0.4) is 0 Å². The maximum Gasteiger partial charge on any atom is 0.246 e. The second-order valence-electron chi connectivity index (χ2n) is 8.04. The molecule has 2 fully saturated rings. The van der Waals surface area contributed by atoms with Crippen LogP contribution in [0.25, 0.3) is 0 Å². The average molecular weight is 444 g/mol. The monoisotopic (exact) mass is 443 g/mol. The molecule has 4 rings (SSSR count). The minimum absolute atomic E-state index is 0.147. The second-order valence-corrected chi connectivity index (χ2v) is 9.95. The van der Waals surface area contributed by atoms with E-state index in [1.54, 1.807) is 25.1 Å². The number of nitrogens with zero attached hydrogens (tertiary/aromatic N) is 2. The minimum atomic E-state index is -3.65. The van der Waals surface area contributed by atoms with Gasteiger partial charge in [-0.25, -0.2) is 8.42 Å². The molecule has 0 spiro atoms. The molecule has 0 radical (unpaired) electrons. The van der Waals surface area contributed by atoms with Gasteiger partial charge in [0.05, 0.1) is 18.1 Å². The third-order valence-corrected chi connectivity index (χ3v) is 7.95. The topological polar surface area (TPSA) is 79.0 Å². The van der Waals surface area contributed by atoms with Crippen LogP contribution in [-0.4, -0.2) is 62.9 Å². The number of anilines is 1. The number of benzene rings is 2. The van der Waals surface area contributed by atoms with Crippen molar-refractivity contribution in [3.63, 3.8) is 0 Å². The van der Waals surface area contributed by atoms with Gasteiger partial charge in [-0.3, -0.25) is 9.69 Å². The predicted molar refractivity (Wildman–Crippen MR) is 119 cm³/mol. The van der Waals surface area contributed by atoms with Crippen molar-refractivity contribution in [1.82, 2.24) is 9.21 Å². The highest BCUT2D eigenvalue weighted by molar-refractivity contribution is 7.89. The molecule has 1 unspecified atom stereocenters. The summed E-state index contributed by atoms with van der Waals surface area (Å²) in [7, 11) is -3.65. The van der Waals surface area contributed by atoms with E-state index in [2.05, 4.69) is 10.2 Å². The molecule has 2 aromatic carbocycles. The summed E-state index contributed by atoms with van der Waals surface area (Å²) in [4.78, 5) is 15.7. The van der Waals surface area contributed by atoms with Gasteiger partial charge in [0.1, 0.15) is 6.04 Å². The average Bonchev–Trinajstić information content (AvgIpc) is 3.31. The summed E-state index contributed by atoms with van der Waals surface area (Å²) < 4.78 is 33.1. The molecule has 0 bridgehead atoms. The molecule has 166 valence electrons. The van der Waals surface area contributed by atoms with Crippen molar-refractivity contribution in [2.75, 3.05) is 44.7 Å². The molecular formula is C23H29N3O4S. The fourth-order valence-electron chi connectivity index (χ4n) is 4.26. The van der Waals surface area contributed by atoms with Crippen LogP contribution in [0.4, 0.5) is 5.69 Å². The molecule has 0 saturated carbocycles. The SMILES string of the molecule is Cc1ccc(NC(=O)C(c2ccccc2)N2CCCC2)cc1S(=O)(=O)N1CCOCC1. The van der Waals surface area contributed by atoms with Crippen molar-refractivity contribution in [3.8, 4) is 0 Å². The minimum Gasteiger partial charge on any atom is -0.379 e. The molecule has 2 aliphatic rings. The van der Waals surface area contributed by atoms with Crippen LogP contribution >= 0.6 is 0 Å². The molecule has 0 aliphatic carbocycles. The molecule has 1 amide bonds.